The Morgan fingerprint density at radius 1 is 1.00 bits per heavy atom. The second kappa shape index (κ2) is 9.51. The Balaban J connectivity index is 1.65. The molecule has 4 rings (SSSR count). The van der Waals surface area contributed by atoms with Crippen molar-refractivity contribution in [3.63, 3.8) is 0 Å². The highest BCUT2D eigenvalue weighted by Crippen LogP contribution is 2.26. The Bertz CT molecular complexity index is 1140. The summed E-state index contributed by atoms with van der Waals surface area (Å²) in [6, 6.07) is 20.5. The third kappa shape index (κ3) is 4.79. The van der Waals surface area contributed by atoms with Crippen LogP contribution in [0.2, 0.25) is 0 Å². The largest absolute Gasteiger partial charge is 0.497 e. The summed E-state index contributed by atoms with van der Waals surface area (Å²) in [4.78, 5) is 9.42. The van der Waals surface area contributed by atoms with E-state index in [1.807, 2.05) is 30.3 Å². The average molecular weight is 416 g/mol. The van der Waals surface area contributed by atoms with Gasteiger partial charge in [0.1, 0.15) is 22.9 Å². The number of imidazole rings is 1. The predicted octanol–water partition coefficient (Wildman–Crippen LogP) is 5.03. The highest BCUT2D eigenvalue weighted by molar-refractivity contribution is 5.88. The van der Waals surface area contributed by atoms with Crippen LogP contribution < -0.4 is 15.8 Å². The van der Waals surface area contributed by atoms with Crippen molar-refractivity contribution in [1.82, 2.24) is 14.5 Å². The maximum Gasteiger partial charge on any atom is 0.154 e. The summed E-state index contributed by atoms with van der Waals surface area (Å²) in [6.45, 7) is 3.61. The first-order valence-electron chi connectivity index (χ1n) is 10.7. The Morgan fingerprint density at radius 3 is 2.48 bits per heavy atom. The number of pyridine rings is 1. The first-order chi connectivity index (χ1) is 15.2. The molecule has 6 nitrogen and oxygen atoms in total. The van der Waals surface area contributed by atoms with Gasteiger partial charge in [-0.05, 0) is 29.7 Å². The van der Waals surface area contributed by atoms with E-state index in [1.54, 1.807) is 7.11 Å². The molecule has 0 aliphatic heterocycles. The van der Waals surface area contributed by atoms with Gasteiger partial charge in [0.2, 0.25) is 0 Å². The molecule has 0 spiro atoms. The number of anilines is 2. The molecule has 2 aromatic heterocycles. The molecular weight excluding hydrogens is 386 g/mol. The minimum Gasteiger partial charge on any atom is -0.497 e. The van der Waals surface area contributed by atoms with Gasteiger partial charge >= 0.3 is 0 Å². The molecule has 3 N–H and O–H groups in total. The van der Waals surface area contributed by atoms with Crippen LogP contribution in [0, 0.1) is 0 Å². The van der Waals surface area contributed by atoms with Crippen molar-refractivity contribution in [3.05, 3.63) is 77.6 Å². The van der Waals surface area contributed by atoms with Gasteiger partial charge in [0.05, 0.1) is 12.6 Å². The maximum atomic E-state index is 6.32. The van der Waals surface area contributed by atoms with Crippen molar-refractivity contribution in [2.75, 3.05) is 18.2 Å². The molecule has 2 aromatic carbocycles. The van der Waals surface area contributed by atoms with E-state index in [4.69, 9.17) is 15.5 Å². The molecule has 0 aliphatic carbocycles. The van der Waals surface area contributed by atoms with Crippen LogP contribution in [0.5, 0.6) is 5.75 Å². The van der Waals surface area contributed by atoms with E-state index in [9.17, 15) is 0 Å². The third-order valence-corrected chi connectivity index (χ3v) is 5.41. The average Bonchev–Trinajstić information content (AvgIpc) is 3.15. The first kappa shape index (κ1) is 20.7. The lowest BCUT2D eigenvalue weighted by atomic mass is 10.2. The predicted molar refractivity (Wildman–Crippen MR) is 126 cm³/mol. The quantitative estimate of drug-likeness (QED) is 0.401. The number of nitrogen functional groups attached to an aromatic ring is 1. The molecule has 0 saturated heterocycles. The SMILES string of the molecule is CCCCc1nc2c(N)nc(NCc3ccc(OC)cc3)cc2n1Cc1ccccc1. The number of ether oxygens (including phenoxy) is 1. The fourth-order valence-corrected chi connectivity index (χ4v) is 3.69. The lowest BCUT2D eigenvalue weighted by molar-refractivity contribution is 0.414. The number of hydrogen-bond acceptors (Lipinski definition) is 5. The van der Waals surface area contributed by atoms with Crippen molar-refractivity contribution in [1.29, 1.82) is 0 Å². The maximum absolute atomic E-state index is 6.32. The van der Waals surface area contributed by atoms with Crippen LogP contribution in [0.1, 0.15) is 36.7 Å². The number of unbranched alkanes of at least 4 members (excludes halogenated alkanes) is 1. The van der Waals surface area contributed by atoms with Crippen LogP contribution in [-0.2, 0) is 19.5 Å². The minimum absolute atomic E-state index is 0.458. The molecule has 0 aliphatic rings. The minimum atomic E-state index is 0.458. The van der Waals surface area contributed by atoms with Gasteiger partial charge in [-0.2, -0.15) is 0 Å². The second-order valence-corrected chi connectivity index (χ2v) is 7.67. The summed E-state index contributed by atoms with van der Waals surface area (Å²) >= 11 is 0. The van der Waals surface area contributed by atoms with Crippen molar-refractivity contribution >= 4 is 22.7 Å². The van der Waals surface area contributed by atoms with Gasteiger partial charge in [0, 0.05) is 25.6 Å². The van der Waals surface area contributed by atoms with Crippen LogP contribution in [0.3, 0.4) is 0 Å². The van der Waals surface area contributed by atoms with Gasteiger partial charge in [0.25, 0.3) is 0 Å². The molecule has 2 heterocycles. The van der Waals surface area contributed by atoms with E-state index in [1.165, 1.54) is 5.56 Å². The zero-order valence-electron chi connectivity index (χ0n) is 18.1. The molecular formula is C25H29N5O. The molecule has 0 bridgehead atoms. The van der Waals surface area contributed by atoms with Gasteiger partial charge in [0.15, 0.2) is 5.82 Å². The summed E-state index contributed by atoms with van der Waals surface area (Å²) < 4.78 is 7.50. The lowest BCUT2D eigenvalue weighted by Gasteiger charge is -2.11. The highest BCUT2D eigenvalue weighted by Gasteiger charge is 2.15. The van der Waals surface area contributed by atoms with E-state index in [-0.39, 0.29) is 0 Å². The number of nitrogens with zero attached hydrogens (tertiary/aromatic N) is 3. The van der Waals surface area contributed by atoms with Crippen molar-refractivity contribution < 1.29 is 4.74 Å². The number of aryl methyl sites for hydroxylation is 1. The number of methoxy groups -OCH3 is 1. The van der Waals surface area contributed by atoms with Crippen molar-refractivity contribution in [3.8, 4) is 5.75 Å². The van der Waals surface area contributed by atoms with Gasteiger partial charge in [-0.25, -0.2) is 9.97 Å². The zero-order chi connectivity index (χ0) is 21.6. The highest BCUT2D eigenvalue weighted by atomic mass is 16.5. The van der Waals surface area contributed by atoms with E-state index in [0.717, 1.165) is 59.8 Å². The molecule has 0 amide bonds. The number of benzene rings is 2. The van der Waals surface area contributed by atoms with Crippen LogP contribution in [-0.4, -0.2) is 21.6 Å². The van der Waals surface area contributed by atoms with E-state index < -0.39 is 0 Å². The fourth-order valence-electron chi connectivity index (χ4n) is 3.69. The standard InChI is InChI=1S/C25H29N5O/c1-3-4-10-23-29-24-21(30(23)17-19-8-6-5-7-9-19)15-22(28-25(24)26)27-16-18-11-13-20(31-2)14-12-18/h5-9,11-15H,3-4,10,16-17H2,1-2H3,(H3,26,27,28). The lowest BCUT2D eigenvalue weighted by Crippen LogP contribution is -2.07. The Morgan fingerprint density at radius 2 is 1.77 bits per heavy atom. The van der Waals surface area contributed by atoms with Crippen molar-refractivity contribution in [2.45, 2.75) is 39.3 Å². The van der Waals surface area contributed by atoms with Crippen molar-refractivity contribution in [2.24, 2.45) is 0 Å². The molecule has 4 aromatic rings. The molecule has 0 atom stereocenters. The number of rotatable bonds is 9. The number of fused-ring (bicyclic) bond motifs is 1. The Labute approximate surface area is 183 Å². The first-order valence-corrected chi connectivity index (χ1v) is 10.7. The normalized spacial score (nSPS) is 11.0. The summed E-state index contributed by atoms with van der Waals surface area (Å²) in [7, 11) is 1.67. The second-order valence-electron chi connectivity index (χ2n) is 7.67. The van der Waals surface area contributed by atoms with Gasteiger partial charge < -0.3 is 20.4 Å². The number of aromatic nitrogens is 3. The van der Waals surface area contributed by atoms with Crippen LogP contribution in [0.25, 0.3) is 11.0 Å². The van der Waals surface area contributed by atoms with E-state index >= 15 is 0 Å². The monoisotopic (exact) mass is 415 g/mol. The molecule has 0 radical (unpaired) electrons. The Hall–Kier alpha value is -3.54. The molecule has 0 unspecified atom stereocenters. The Kier molecular flexibility index (Phi) is 6.36. The van der Waals surface area contributed by atoms with Gasteiger partial charge in [-0.15, -0.1) is 0 Å². The molecule has 6 heteroatoms. The molecule has 0 saturated carbocycles. The fraction of sp³-hybridized carbons (Fsp3) is 0.280. The number of nitrogens with one attached hydrogen (secondary N) is 1. The molecule has 160 valence electrons. The third-order valence-electron chi connectivity index (χ3n) is 5.41. The van der Waals surface area contributed by atoms with Crippen LogP contribution >= 0.6 is 0 Å². The van der Waals surface area contributed by atoms with Gasteiger partial charge in [-0.1, -0.05) is 55.8 Å². The summed E-state index contributed by atoms with van der Waals surface area (Å²) in [6.07, 6.45) is 3.14. The summed E-state index contributed by atoms with van der Waals surface area (Å²) in [5.41, 5.74) is 10.5. The van der Waals surface area contributed by atoms with Gasteiger partial charge in [-0.3, -0.25) is 0 Å². The summed E-state index contributed by atoms with van der Waals surface area (Å²) in [5.74, 6) is 3.11. The van der Waals surface area contributed by atoms with Crippen LogP contribution in [0.15, 0.2) is 60.7 Å². The number of hydrogen-bond donors (Lipinski definition) is 2. The molecule has 0 fully saturated rings. The van der Waals surface area contributed by atoms with E-state index in [2.05, 4.69) is 52.1 Å². The smallest absolute Gasteiger partial charge is 0.154 e. The number of nitrogens with two attached hydrogens (primary N) is 1. The van der Waals surface area contributed by atoms with Crippen LogP contribution in [0.4, 0.5) is 11.6 Å². The molecule has 31 heavy (non-hydrogen) atoms. The zero-order valence-corrected chi connectivity index (χ0v) is 18.1. The summed E-state index contributed by atoms with van der Waals surface area (Å²) in [5, 5.41) is 3.40. The van der Waals surface area contributed by atoms with E-state index in [0.29, 0.717) is 12.4 Å². The topological polar surface area (TPSA) is 78.0 Å².